The summed E-state index contributed by atoms with van der Waals surface area (Å²) in [7, 11) is 0. The molecule has 3 N–H and O–H groups in total. The summed E-state index contributed by atoms with van der Waals surface area (Å²) in [6.07, 6.45) is -3.61. The molecule has 20 heavy (non-hydrogen) atoms. The number of nitrogens with zero attached hydrogens (tertiary/aromatic N) is 3. The predicted molar refractivity (Wildman–Crippen MR) is 61.2 cm³/mol. The summed E-state index contributed by atoms with van der Waals surface area (Å²) in [6, 6.07) is 1.67. The monoisotopic (exact) mass is 283 g/mol. The van der Waals surface area contributed by atoms with Crippen LogP contribution < -0.4 is 0 Å². The summed E-state index contributed by atoms with van der Waals surface area (Å²) in [4.78, 5) is 14.4. The topological polar surface area (TPSA) is 138 Å². The second-order valence-electron chi connectivity index (χ2n) is 4.28. The number of ether oxygens (including phenoxy) is 2. The van der Waals surface area contributed by atoms with Crippen molar-refractivity contribution in [1.29, 1.82) is 5.26 Å². The van der Waals surface area contributed by atoms with Crippen molar-refractivity contribution in [1.82, 2.24) is 9.55 Å². The van der Waals surface area contributed by atoms with Crippen LogP contribution in [-0.2, 0) is 14.3 Å². The van der Waals surface area contributed by atoms with Crippen LogP contribution in [0.5, 0.6) is 5.88 Å². The minimum absolute atomic E-state index is 0.223. The molecule has 1 aromatic rings. The fraction of sp³-hybridized carbons (Fsp3) is 0.545. The van der Waals surface area contributed by atoms with Crippen molar-refractivity contribution >= 4 is 5.97 Å². The van der Waals surface area contributed by atoms with E-state index in [0.717, 1.165) is 10.9 Å². The predicted octanol–water partition coefficient (Wildman–Crippen LogP) is -1.36. The minimum atomic E-state index is -1.36. The van der Waals surface area contributed by atoms with Gasteiger partial charge in [0.2, 0.25) is 11.6 Å². The van der Waals surface area contributed by atoms with Gasteiger partial charge in [-0.25, -0.2) is 4.98 Å². The number of esters is 1. The zero-order chi connectivity index (χ0) is 14.9. The SMILES string of the molecule is CC(=O)OC[C@H]1O[C@@H](n2cnc(C#N)c2O)[C@H](O)[C@@H]1O. The zero-order valence-electron chi connectivity index (χ0n) is 10.5. The highest BCUT2D eigenvalue weighted by molar-refractivity contribution is 5.65. The van der Waals surface area contributed by atoms with E-state index in [9.17, 15) is 20.1 Å². The smallest absolute Gasteiger partial charge is 0.302 e. The number of aromatic nitrogens is 2. The lowest BCUT2D eigenvalue weighted by atomic mass is 10.1. The molecular weight excluding hydrogens is 270 g/mol. The van der Waals surface area contributed by atoms with E-state index in [0.29, 0.717) is 0 Å². The quantitative estimate of drug-likeness (QED) is 0.578. The summed E-state index contributed by atoms with van der Waals surface area (Å²) in [5.74, 6) is -1.02. The van der Waals surface area contributed by atoms with Crippen LogP contribution in [0.15, 0.2) is 6.33 Å². The molecule has 2 heterocycles. The largest absolute Gasteiger partial charge is 0.492 e. The second kappa shape index (κ2) is 5.46. The van der Waals surface area contributed by atoms with E-state index < -0.39 is 36.4 Å². The van der Waals surface area contributed by atoms with Gasteiger partial charge in [-0.3, -0.25) is 9.36 Å². The van der Waals surface area contributed by atoms with Gasteiger partial charge in [0.25, 0.3) is 0 Å². The second-order valence-corrected chi connectivity index (χ2v) is 4.28. The van der Waals surface area contributed by atoms with Gasteiger partial charge in [0.05, 0.1) is 0 Å². The Morgan fingerprint density at radius 2 is 2.30 bits per heavy atom. The van der Waals surface area contributed by atoms with Crippen molar-refractivity contribution in [2.45, 2.75) is 31.5 Å². The van der Waals surface area contributed by atoms with Crippen molar-refractivity contribution in [3.05, 3.63) is 12.0 Å². The Labute approximate surface area is 113 Å². The molecule has 0 bridgehead atoms. The van der Waals surface area contributed by atoms with E-state index >= 15 is 0 Å². The molecule has 4 atom stereocenters. The Morgan fingerprint density at radius 1 is 1.60 bits per heavy atom. The highest BCUT2D eigenvalue weighted by Gasteiger charge is 2.45. The Balaban J connectivity index is 2.15. The summed E-state index contributed by atoms with van der Waals surface area (Å²) in [6.45, 7) is 0.973. The molecule has 0 spiro atoms. The van der Waals surface area contributed by atoms with Gasteiger partial charge in [0.15, 0.2) is 6.23 Å². The highest BCUT2D eigenvalue weighted by Crippen LogP contribution is 2.33. The van der Waals surface area contributed by atoms with Crippen LogP contribution >= 0.6 is 0 Å². The molecule has 2 rings (SSSR count). The number of hydrogen-bond donors (Lipinski definition) is 3. The molecule has 0 saturated carbocycles. The maximum atomic E-state index is 10.7. The molecule has 1 aromatic heterocycles. The van der Waals surface area contributed by atoms with Crippen LogP contribution in [0.4, 0.5) is 0 Å². The number of rotatable bonds is 3. The average molecular weight is 283 g/mol. The number of hydrogen-bond acceptors (Lipinski definition) is 8. The van der Waals surface area contributed by atoms with Crippen LogP contribution in [0.1, 0.15) is 18.8 Å². The molecule has 108 valence electrons. The van der Waals surface area contributed by atoms with Gasteiger partial charge in [0.1, 0.15) is 37.3 Å². The molecule has 1 saturated heterocycles. The maximum absolute atomic E-state index is 10.7. The zero-order valence-corrected chi connectivity index (χ0v) is 10.5. The van der Waals surface area contributed by atoms with Gasteiger partial charge in [-0.1, -0.05) is 0 Å². The van der Waals surface area contributed by atoms with Crippen LogP contribution in [0.3, 0.4) is 0 Å². The summed E-state index contributed by atoms with van der Waals surface area (Å²) in [5.41, 5.74) is -0.223. The lowest BCUT2D eigenvalue weighted by Gasteiger charge is -2.16. The molecule has 0 radical (unpaired) electrons. The van der Waals surface area contributed by atoms with E-state index in [1.54, 1.807) is 6.07 Å². The maximum Gasteiger partial charge on any atom is 0.302 e. The van der Waals surface area contributed by atoms with Gasteiger partial charge in [-0.05, 0) is 0 Å². The Hall–Kier alpha value is -2.15. The first kappa shape index (κ1) is 14.3. The van der Waals surface area contributed by atoms with Gasteiger partial charge >= 0.3 is 5.97 Å². The van der Waals surface area contributed by atoms with Crippen molar-refractivity contribution in [2.24, 2.45) is 0 Å². The number of aromatic hydroxyl groups is 1. The van der Waals surface area contributed by atoms with E-state index in [4.69, 9.17) is 14.7 Å². The lowest BCUT2D eigenvalue weighted by Crippen LogP contribution is -2.34. The normalized spacial score (nSPS) is 29.1. The Kier molecular flexibility index (Phi) is 3.89. The number of imidazole rings is 1. The number of carbonyl (C=O) groups excluding carboxylic acids is 1. The van der Waals surface area contributed by atoms with Crippen molar-refractivity contribution < 1.29 is 29.6 Å². The summed E-state index contributed by atoms with van der Waals surface area (Å²) in [5, 5.41) is 38.1. The van der Waals surface area contributed by atoms with E-state index in [-0.39, 0.29) is 12.3 Å². The molecule has 1 aliphatic heterocycles. The van der Waals surface area contributed by atoms with Crippen LogP contribution in [0.25, 0.3) is 0 Å². The molecule has 0 aliphatic carbocycles. The van der Waals surface area contributed by atoms with Gasteiger partial charge in [0, 0.05) is 6.92 Å². The molecule has 1 aliphatic rings. The first-order valence-electron chi connectivity index (χ1n) is 5.76. The fourth-order valence-electron chi connectivity index (χ4n) is 1.92. The Morgan fingerprint density at radius 3 is 2.85 bits per heavy atom. The van der Waals surface area contributed by atoms with Crippen LogP contribution in [0, 0.1) is 11.3 Å². The fourth-order valence-corrected chi connectivity index (χ4v) is 1.92. The van der Waals surface area contributed by atoms with Crippen LogP contribution in [-0.4, -0.2) is 55.8 Å². The van der Waals surface area contributed by atoms with E-state index in [1.165, 1.54) is 6.92 Å². The third kappa shape index (κ3) is 2.44. The lowest BCUT2D eigenvalue weighted by molar-refractivity contribution is -0.147. The van der Waals surface area contributed by atoms with Crippen molar-refractivity contribution in [3.63, 3.8) is 0 Å². The van der Waals surface area contributed by atoms with Crippen molar-refractivity contribution in [2.75, 3.05) is 6.61 Å². The number of nitriles is 1. The first-order valence-corrected chi connectivity index (χ1v) is 5.76. The first-order chi connectivity index (χ1) is 9.45. The van der Waals surface area contributed by atoms with Crippen molar-refractivity contribution in [3.8, 4) is 11.9 Å². The third-order valence-electron chi connectivity index (χ3n) is 2.94. The molecular formula is C11H13N3O6. The standard InChI is InChI=1S/C11H13N3O6/c1-5(15)19-3-7-8(16)9(17)11(20-7)14-4-13-6(2-12)10(14)18/h4,7-9,11,16-18H,3H2,1H3/t7-,8-,9-,11-/m1/s1. The third-order valence-corrected chi connectivity index (χ3v) is 2.94. The molecule has 9 nitrogen and oxygen atoms in total. The Bertz CT molecular complexity index is 551. The number of carbonyl (C=O) groups is 1. The van der Waals surface area contributed by atoms with Gasteiger partial charge in [-0.15, -0.1) is 0 Å². The molecule has 1 fully saturated rings. The number of aliphatic hydroxyl groups is 2. The van der Waals surface area contributed by atoms with E-state index in [2.05, 4.69) is 4.98 Å². The van der Waals surface area contributed by atoms with E-state index in [1.807, 2.05) is 0 Å². The summed E-state index contributed by atoms with van der Waals surface area (Å²) < 4.78 is 11.1. The number of aliphatic hydroxyl groups excluding tert-OH is 2. The molecule has 0 aromatic carbocycles. The van der Waals surface area contributed by atoms with Gasteiger partial charge in [-0.2, -0.15) is 5.26 Å². The molecule has 0 unspecified atom stereocenters. The highest BCUT2D eigenvalue weighted by atomic mass is 16.6. The van der Waals surface area contributed by atoms with Gasteiger partial charge < -0.3 is 24.8 Å². The molecule has 9 heteroatoms. The summed E-state index contributed by atoms with van der Waals surface area (Å²) >= 11 is 0. The average Bonchev–Trinajstić information content (AvgIpc) is 2.90. The van der Waals surface area contributed by atoms with Crippen LogP contribution in [0.2, 0.25) is 0 Å². The minimum Gasteiger partial charge on any atom is -0.492 e. The molecule has 0 amide bonds.